The number of halogens is 1. The molecule has 2 aromatic rings. The maximum Gasteiger partial charge on any atom is 0.408 e. The Kier molecular flexibility index (Phi) is 4.01. The summed E-state index contributed by atoms with van der Waals surface area (Å²) in [7, 11) is 0. The Bertz CT molecular complexity index is 580. The number of nitrogens with two attached hydrogens (primary N) is 1. The number of hydrogen-bond donors (Lipinski definition) is 1. The van der Waals surface area contributed by atoms with E-state index in [9.17, 15) is 10.1 Å². The van der Waals surface area contributed by atoms with Gasteiger partial charge in [0.2, 0.25) is 0 Å². The van der Waals surface area contributed by atoms with E-state index in [1.807, 2.05) is 24.3 Å². The van der Waals surface area contributed by atoms with Crippen LogP contribution in [0.25, 0.3) is 0 Å². The zero-order chi connectivity index (χ0) is 13.8. The summed E-state index contributed by atoms with van der Waals surface area (Å²) >= 11 is 5.71. The second-order valence-corrected chi connectivity index (χ2v) is 4.57. The number of nitro groups is 1. The van der Waals surface area contributed by atoms with Crippen LogP contribution in [0.5, 0.6) is 0 Å². The van der Waals surface area contributed by atoms with Crippen molar-refractivity contribution in [2.75, 3.05) is 5.73 Å². The van der Waals surface area contributed by atoms with Gasteiger partial charge in [0.05, 0.1) is 17.8 Å². The average Bonchev–Trinajstić information content (AvgIpc) is 2.73. The van der Waals surface area contributed by atoms with Gasteiger partial charge in [0, 0.05) is 5.69 Å². The van der Waals surface area contributed by atoms with Gasteiger partial charge in [0.1, 0.15) is 0 Å². The Morgan fingerprint density at radius 1 is 1.37 bits per heavy atom. The molecule has 19 heavy (non-hydrogen) atoms. The molecule has 0 bridgehead atoms. The summed E-state index contributed by atoms with van der Waals surface area (Å²) in [6, 6.07) is 7.64. The molecule has 7 heteroatoms. The van der Waals surface area contributed by atoms with E-state index in [4.69, 9.17) is 17.3 Å². The van der Waals surface area contributed by atoms with Gasteiger partial charge < -0.3 is 15.8 Å². The lowest BCUT2D eigenvalue weighted by Gasteiger charge is -2.00. The van der Waals surface area contributed by atoms with E-state index in [-0.39, 0.29) is 10.8 Å². The normalized spacial score (nSPS) is 10.6. The van der Waals surface area contributed by atoms with Crippen molar-refractivity contribution in [3.63, 3.8) is 0 Å². The van der Waals surface area contributed by atoms with Crippen LogP contribution in [-0.4, -0.2) is 14.7 Å². The number of anilines is 1. The van der Waals surface area contributed by atoms with E-state index in [1.165, 1.54) is 16.4 Å². The topological polar surface area (TPSA) is 87.0 Å². The molecule has 0 saturated heterocycles. The van der Waals surface area contributed by atoms with Crippen LogP contribution in [0.4, 0.5) is 11.5 Å². The zero-order valence-corrected chi connectivity index (χ0v) is 10.9. The van der Waals surface area contributed by atoms with Gasteiger partial charge in [-0.2, -0.15) is 4.68 Å². The van der Waals surface area contributed by atoms with Gasteiger partial charge in [-0.15, -0.1) is 0 Å². The molecule has 0 aliphatic carbocycles. The summed E-state index contributed by atoms with van der Waals surface area (Å²) in [6.07, 6.45) is 3.15. The maximum absolute atomic E-state index is 10.6. The lowest BCUT2D eigenvalue weighted by molar-refractivity contribution is -0.389. The predicted molar refractivity (Wildman–Crippen MR) is 73.1 cm³/mol. The summed E-state index contributed by atoms with van der Waals surface area (Å²) in [5.74, 6) is -0.297. The van der Waals surface area contributed by atoms with E-state index >= 15 is 0 Å². The molecule has 0 amide bonds. The zero-order valence-electron chi connectivity index (χ0n) is 10.1. The van der Waals surface area contributed by atoms with Gasteiger partial charge in [-0.05, 0) is 35.5 Å². The van der Waals surface area contributed by atoms with Gasteiger partial charge >= 0.3 is 5.82 Å². The van der Waals surface area contributed by atoms with E-state index in [1.54, 1.807) is 0 Å². The molecule has 0 fully saturated rings. The fraction of sp³-hybridized carbons (Fsp3) is 0.250. The molecule has 2 rings (SSSR count). The van der Waals surface area contributed by atoms with Crippen LogP contribution in [0.1, 0.15) is 12.0 Å². The lowest BCUT2D eigenvalue weighted by Crippen LogP contribution is -2.01. The Morgan fingerprint density at radius 2 is 2.05 bits per heavy atom. The third kappa shape index (κ3) is 3.45. The molecular weight excluding hydrogens is 268 g/mol. The number of nitrogens with zero attached hydrogens (tertiary/aromatic N) is 3. The fourth-order valence-electron chi connectivity index (χ4n) is 1.75. The number of aryl methyl sites for hydroxylation is 2. The predicted octanol–water partition coefficient (Wildman–Crippen LogP) is 2.66. The molecule has 0 spiro atoms. The Labute approximate surface area is 114 Å². The van der Waals surface area contributed by atoms with Crippen LogP contribution < -0.4 is 5.73 Å². The van der Waals surface area contributed by atoms with Crippen molar-refractivity contribution in [1.29, 1.82) is 0 Å². The van der Waals surface area contributed by atoms with Crippen molar-refractivity contribution in [2.24, 2.45) is 0 Å². The second-order valence-electron chi connectivity index (χ2n) is 4.17. The molecule has 1 aromatic heterocycles. The summed E-state index contributed by atoms with van der Waals surface area (Å²) < 4.78 is 1.50. The first-order chi connectivity index (χ1) is 9.06. The fourth-order valence-corrected chi connectivity index (χ4v) is 1.97. The van der Waals surface area contributed by atoms with Crippen LogP contribution in [-0.2, 0) is 13.0 Å². The number of benzene rings is 1. The molecule has 0 aliphatic rings. The molecule has 0 saturated carbocycles. The smallest absolute Gasteiger partial charge is 0.399 e. The minimum atomic E-state index is -0.585. The Hall–Kier alpha value is -2.08. The Balaban J connectivity index is 1.90. The standard InChI is InChI=1S/C12H13ClN4O2/c13-11-8-16(15-12(11)17(18)19)7-1-2-9-3-5-10(14)6-4-9/h3-6,8H,1-2,7,14H2. The number of nitrogen functional groups attached to an aromatic ring is 1. The van der Waals surface area contributed by atoms with Crippen molar-refractivity contribution < 1.29 is 4.92 Å². The molecule has 0 unspecified atom stereocenters. The average molecular weight is 281 g/mol. The van der Waals surface area contributed by atoms with Crippen molar-refractivity contribution >= 4 is 23.1 Å². The third-order valence-corrected chi connectivity index (χ3v) is 2.97. The minimum Gasteiger partial charge on any atom is -0.399 e. The highest BCUT2D eigenvalue weighted by atomic mass is 35.5. The molecular formula is C12H13ClN4O2. The second kappa shape index (κ2) is 5.71. The number of rotatable bonds is 5. The van der Waals surface area contributed by atoms with Crippen LogP contribution in [0.2, 0.25) is 5.02 Å². The molecule has 0 radical (unpaired) electrons. The Morgan fingerprint density at radius 3 is 2.63 bits per heavy atom. The molecule has 1 heterocycles. The molecule has 6 nitrogen and oxygen atoms in total. The van der Waals surface area contributed by atoms with Gasteiger partial charge in [0.25, 0.3) is 0 Å². The highest BCUT2D eigenvalue weighted by Gasteiger charge is 2.18. The van der Waals surface area contributed by atoms with Crippen molar-refractivity contribution in [3.05, 3.63) is 51.2 Å². The third-order valence-electron chi connectivity index (χ3n) is 2.70. The van der Waals surface area contributed by atoms with E-state index in [0.29, 0.717) is 6.54 Å². The quantitative estimate of drug-likeness (QED) is 0.518. The number of hydrogen-bond acceptors (Lipinski definition) is 4. The van der Waals surface area contributed by atoms with Crippen LogP contribution in [0, 0.1) is 10.1 Å². The monoisotopic (exact) mass is 280 g/mol. The molecule has 1 aromatic carbocycles. The summed E-state index contributed by atoms with van der Waals surface area (Å²) in [5.41, 5.74) is 7.50. The highest BCUT2D eigenvalue weighted by Crippen LogP contribution is 2.21. The summed E-state index contributed by atoms with van der Waals surface area (Å²) in [6.45, 7) is 0.581. The minimum absolute atomic E-state index is 0.0671. The van der Waals surface area contributed by atoms with E-state index in [0.717, 1.165) is 18.5 Å². The van der Waals surface area contributed by atoms with Crippen LogP contribution >= 0.6 is 11.6 Å². The van der Waals surface area contributed by atoms with Crippen molar-refractivity contribution in [2.45, 2.75) is 19.4 Å². The first-order valence-corrected chi connectivity index (χ1v) is 6.16. The van der Waals surface area contributed by atoms with E-state index in [2.05, 4.69) is 5.10 Å². The maximum atomic E-state index is 10.6. The van der Waals surface area contributed by atoms with Gasteiger partial charge in [-0.3, -0.25) is 0 Å². The largest absolute Gasteiger partial charge is 0.408 e. The van der Waals surface area contributed by atoms with Crippen molar-refractivity contribution in [3.8, 4) is 0 Å². The summed E-state index contributed by atoms with van der Waals surface area (Å²) in [5, 5.41) is 14.5. The van der Waals surface area contributed by atoms with E-state index < -0.39 is 4.92 Å². The van der Waals surface area contributed by atoms with Gasteiger partial charge in [-0.25, -0.2) is 0 Å². The molecule has 0 aliphatic heterocycles. The van der Waals surface area contributed by atoms with Crippen molar-refractivity contribution in [1.82, 2.24) is 9.78 Å². The highest BCUT2D eigenvalue weighted by molar-refractivity contribution is 6.32. The SMILES string of the molecule is Nc1ccc(CCCn2cc(Cl)c([N+](=O)[O-])n2)cc1. The lowest BCUT2D eigenvalue weighted by atomic mass is 10.1. The van der Waals surface area contributed by atoms with Gasteiger partial charge in [-0.1, -0.05) is 23.7 Å². The number of aromatic nitrogens is 2. The van der Waals surface area contributed by atoms with Gasteiger partial charge in [0.15, 0.2) is 5.02 Å². The molecule has 0 atom stereocenters. The molecule has 100 valence electrons. The van der Waals surface area contributed by atoms with Crippen LogP contribution in [0.15, 0.2) is 30.5 Å². The first-order valence-electron chi connectivity index (χ1n) is 5.78. The summed E-state index contributed by atoms with van der Waals surface area (Å²) in [4.78, 5) is 10.0. The first kappa shape index (κ1) is 13.4. The van der Waals surface area contributed by atoms with Crippen LogP contribution in [0.3, 0.4) is 0 Å². The molecule has 2 N–H and O–H groups in total.